The fraction of sp³-hybridized carbons (Fsp3) is 0.824. The van der Waals surface area contributed by atoms with Crippen molar-refractivity contribution in [1.29, 1.82) is 0 Å². The van der Waals surface area contributed by atoms with E-state index in [-0.39, 0.29) is 42.5 Å². The third-order valence-electron chi connectivity index (χ3n) is 3.21. The molecule has 0 aliphatic rings. The van der Waals surface area contributed by atoms with Crippen LogP contribution in [-0.4, -0.2) is 48.4 Å². The minimum atomic E-state index is -0.958. The molecule has 0 unspecified atom stereocenters. The predicted octanol–water partition coefficient (Wildman–Crippen LogP) is 2.04. The Morgan fingerprint density at radius 3 is 2.00 bits per heavy atom. The Labute approximate surface area is 139 Å². The van der Waals surface area contributed by atoms with E-state index in [0.717, 1.165) is 0 Å². The summed E-state index contributed by atoms with van der Waals surface area (Å²) in [5.74, 6) is -0.482. The first-order valence-electron chi connectivity index (χ1n) is 8.07. The van der Waals surface area contributed by atoms with Crippen molar-refractivity contribution in [3.05, 3.63) is 0 Å². The number of nitrogens with one attached hydrogen (secondary N) is 1. The molecule has 0 aliphatic heterocycles. The van der Waals surface area contributed by atoms with E-state index in [1.807, 2.05) is 20.8 Å². The molecule has 0 aromatic carbocycles. The van der Waals surface area contributed by atoms with Crippen LogP contribution in [-0.2, 0) is 23.9 Å². The average Bonchev–Trinajstić information content (AvgIpc) is 2.45. The summed E-state index contributed by atoms with van der Waals surface area (Å²) in [7, 11) is 0. The summed E-state index contributed by atoms with van der Waals surface area (Å²) in [5, 5.41) is 2.51. The third-order valence-corrected chi connectivity index (χ3v) is 3.21. The standard InChI is InChI=1S/C17H31NO5/c1-7-13(19)12-18-15(21)9-8-14(20)17(5,6)23-11-10-22-16(2,3)4/h7-12H2,1-6H3,(H,18,21). The quantitative estimate of drug-likeness (QED) is 0.587. The van der Waals surface area contributed by atoms with Crippen molar-refractivity contribution in [2.75, 3.05) is 19.8 Å². The van der Waals surface area contributed by atoms with Crippen molar-refractivity contribution in [3.63, 3.8) is 0 Å². The van der Waals surface area contributed by atoms with Crippen LogP contribution in [0.3, 0.4) is 0 Å². The fourth-order valence-electron chi connectivity index (χ4n) is 1.66. The summed E-state index contributed by atoms with van der Waals surface area (Å²) in [6, 6.07) is 0. The van der Waals surface area contributed by atoms with Gasteiger partial charge in [-0.3, -0.25) is 14.4 Å². The number of hydrogen-bond donors (Lipinski definition) is 1. The van der Waals surface area contributed by atoms with Gasteiger partial charge in [-0.2, -0.15) is 0 Å². The maximum absolute atomic E-state index is 12.1. The molecular formula is C17H31NO5. The monoisotopic (exact) mass is 329 g/mol. The number of Topliss-reactive ketones (excluding diaryl/α,β-unsaturated/α-hetero) is 2. The average molecular weight is 329 g/mol. The number of rotatable bonds is 11. The van der Waals surface area contributed by atoms with Gasteiger partial charge in [0.2, 0.25) is 5.91 Å². The number of carbonyl (C=O) groups is 3. The first kappa shape index (κ1) is 21.7. The van der Waals surface area contributed by atoms with Gasteiger partial charge in [0.25, 0.3) is 0 Å². The molecule has 0 aromatic rings. The molecule has 0 spiro atoms. The van der Waals surface area contributed by atoms with Crippen LogP contribution in [0.15, 0.2) is 0 Å². The van der Waals surface area contributed by atoms with Gasteiger partial charge in [-0.25, -0.2) is 0 Å². The Morgan fingerprint density at radius 1 is 0.913 bits per heavy atom. The van der Waals surface area contributed by atoms with E-state index in [1.54, 1.807) is 20.8 Å². The lowest BCUT2D eigenvalue weighted by molar-refractivity contribution is -0.145. The van der Waals surface area contributed by atoms with Crippen LogP contribution in [0.1, 0.15) is 60.8 Å². The number of ether oxygens (including phenoxy) is 2. The third kappa shape index (κ3) is 11.0. The van der Waals surface area contributed by atoms with Crippen molar-refractivity contribution < 1.29 is 23.9 Å². The number of ketones is 2. The van der Waals surface area contributed by atoms with E-state index < -0.39 is 5.60 Å². The largest absolute Gasteiger partial charge is 0.373 e. The van der Waals surface area contributed by atoms with Crippen LogP contribution in [0.25, 0.3) is 0 Å². The van der Waals surface area contributed by atoms with Gasteiger partial charge < -0.3 is 14.8 Å². The van der Waals surface area contributed by atoms with E-state index >= 15 is 0 Å². The first-order chi connectivity index (χ1) is 10.5. The van der Waals surface area contributed by atoms with E-state index in [9.17, 15) is 14.4 Å². The SMILES string of the molecule is CCC(=O)CNC(=O)CCC(=O)C(C)(C)OCCOC(C)(C)C. The molecule has 23 heavy (non-hydrogen) atoms. The molecule has 0 aliphatic carbocycles. The first-order valence-corrected chi connectivity index (χ1v) is 8.07. The number of amides is 1. The highest BCUT2D eigenvalue weighted by molar-refractivity contribution is 5.91. The van der Waals surface area contributed by atoms with Crippen molar-refractivity contribution in [2.24, 2.45) is 0 Å². The Kier molecular flexibility index (Phi) is 9.24. The molecule has 0 atom stereocenters. The van der Waals surface area contributed by atoms with E-state index in [0.29, 0.717) is 19.6 Å². The molecule has 0 heterocycles. The molecule has 0 saturated heterocycles. The second-order valence-electron chi connectivity index (χ2n) is 6.91. The Morgan fingerprint density at radius 2 is 1.48 bits per heavy atom. The second-order valence-corrected chi connectivity index (χ2v) is 6.91. The molecule has 134 valence electrons. The zero-order chi connectivity index (χ0) is 18.1. The number of hydrogen-bond acceptors (Lipinski definition) is 5. The molecule has 1 amide bonds. The summed E-state index contributed by atoms with van der Waals surface area (Å²) in [4.78, 5) is 34.8. The van der Waals surface area contributed by atoms with Gasteiger partial charge in [-0.05, 0) is 34.6 Å². The summed E-state index contributed by atoms with van der Waals surface area (Å²) in [6.45, 7) is 11.7. The minimum Gasteiger partial charge on any atom is -0.373 e. The summed E-state index contributed by atoms with van der Waals surface area (Å²) >= 11 is 0. The molecule has 6 heteroatoms. The normalized spacial score (nSPS) is 12.1. The molecule has 6 nitrogen and oxygen atoms in total. The molecule has 0 bridgehead atoms. The summed E-state index contributed by atoms with van der Waals surface area (Å²) < 4.78 is 11.1. The van der Waals surface area contributed by atoms with Crippen LogP contribution in [0.4, 0.5) is 0 Å². The highest BCUT2D eigenvalue weighted by atomic mass is 16.5. The zero-order valence-corrected chi connectivity index (χ0v) is 15.3. The lowest BCUT2D eigenvalue weighted by Crippen LogP contribution is -2.38. The van der Waals surface area contributed by atoms with Gasteiger partial charge in [0.15, 0.2) is 11.6 Å². The van der Waals surface area contributed by atoms with Crippen molar-refractivity contribution >= 4 is 17.5 Å². The van der Waals surface area contributed by atoms with Gasteiger partial charge in [-0.1, -0.05) is 6.92 Å². The fourth-order valence-corrected chi connectivity index (χ4v) is 1.66. The molecular weight excluding hydrogens is 298 g/mol. The van der Waals surface area contributed by atoms with Crippen LogP contribution in [0, 0.1) is 0 Å². The van der Waals surface area contributed by atoms with E-state index in [4.69, 9.17) is 9.47 Å². The van der Waals surface area contributed by atoms with Crippen molar-refractivity contribution in [2.45, 2.75) is 72.0 Å². The molecule has 1 N–H and O–H groups in total. The van der Waals surface area contributed by atoms with Gasteiger partial charge >= 0.3 is 0 Å². The molecule has 0 fully saturated rings. The van der Waals surface area contributed by atoms with Crippen molar-refractivity contribution in [1.82, 2.24) is 5.32 Å². The summed E-state index contributed by atoms with van der Waals surface area (Å²) in [6.07, 6.45) is 0.525. The number of carbonyl (C=O) groups excluding carboxylic acids is 3. The van der Waals surface area contributed by atoms with Crippen LogP contribution in [0.5, 0.6) is 0 Å². The Balaban J connectivity index is 4.07. The predicted molar refractivity (Wildman–Crippen MR) is 88.3 cm³/mol. The maximum atomic E-state index is 12.1. The maximum Gasteiger partial charge on any atom is 0.220 e. The summed E-state index contributed by atoms with van der Waals surface area (Å²) in [5.41, 5.74) is -1.20. The lowest BCUT2D eigenvalue weighted by Gasteiger charge is -2.25. The zero-order valence-electron chi connectivity index (χ0n) is 15.3. The van der Waals surface area contributed by atoms with Gasteiger partial charge in [0, 0.05) is 19.3 Å². The Bertz CT molecular complexity index is 410. The highest BCUT2D eigenvalue weighted by Crippen LogP contribution is 2.15. The highest BCUT2D eigenvalue weighted by Gasteiger charge is 2.28. The molecule has 0 radical (unpaired) electrons. The lowest BCUT2D eigenvalue weighted by atomic mass is 9.99. The smallest absolute Gasteiger partial charge is 0.220 e. The van der Waals surface area contributed by atoms with Gasteiger partial charge in [0.1, 0.15) is 5.60 Å². The van der Waals surface area contributed by atoms with E-state index in [2.05, 4.69) is 5.32 Å². The van der Waals surface area contributed by atoms with Crippen LogP contribution in [0.2, 0.25) is 0 Å². The second kappa shape index (κ2) is 9.78. The topological polar surface area (TPSA) is 81.7 Å². The van der Waals surface area contributed by atoms with Crippen molar-refractivity contribution in [3.8, 4) is 0 Å². The van der Waals surface area contributed by atoms with Gasteiger partial charge in [0.05, 0.1) is 25.4 Å². The molecule has 0 rings (SSSR count). The van der Waals surface area contributed by atoms with Gasteiger partial charge in [-0.15, -0.1) is 0 Å². The van der Waals surface area contributed by atoms with E-state index in [1.165, 1.54) is 0 Å². The minimum absolute atomic E-state index is 0.0214. The molecule has 0 saturated carbocycles. The molecule has 0 aromatic heterocycles. The Hall–Kier alpha value is -1.27. The van der Waals surface area contributed by atoms with Crippen LogP contribution < -0.4 is 5.32 Å². The van der Waals surface area contributed by atoms with Crippen LogP contribution >= 0.6 is 0 Å².